The Morgan fingerprint density at radius 2 is 2.00 bits per heavy atom. The van der Waals surface area contributed by atoms with Crippen LogP contribution in [-0.4, -0.2) is 62.9 Å². The van der Waals surface area contributed by atoms with E-state index in [4.69, 9.17) is 11.5 Å². The van der Waals surface area contributed by atoms with Crippen LogP contribution in [0.2, 0.25) is 0 Å². The third kappa shape index (κ3) is 8.37. The summed E-state index contributed by atoms with van der Waals surface area (Å²) in [5.74, 6) is 0.973. The quantitative estimate of drug-likeness (QED) is 0.377. The highest BCUT2D eigenvalue weighted by atomic mass is 32.2. The van der Waals surface area contributed by atoms with Crippen molar-refractivity contribution in [2.45, 2.75) is 0 Å². The number of sulfonamides is 1. The number of nitrogens with zero attached hydrogens (tertiary/aromatic N) is 1. The van der Waals surface area contributed by atoms with Crippen LogP contribution in [0.1, 0.15) is 0 Å². The van der Waals surface area contributed by atoms with E-state index in [1.54, 1.807) is 0 Å². The van der Waals surface area contributed by atoms with Gasteiger partial charge in [-0.3, -0.25) is 4.79 Å². The van der Waals surface area contributed by atoms with E-state index in [1.807, 2.05) is 0 Å². The molecule has 9 heteroatoms. The third-order valence-corrected chi connectivity index (χ3v) is 2.39. The summed E-state index contributed by atoms with van der Waals surface area (Å²) in [5.41, 5.74) is 0. The average Bonchev–Trinajstić information content (AvgIpc) is 2.21. The Hall–Kier alpha value is -1.79. The summed E-state index contributed by atoms with van der Waals surface area (Å²) in [6, 6.07) is -0.661. The number of aliphatic carboxylic acids is 1. The van der Waals surface area contributed by atoms with Crippen molar-refractivity contribution < 1.29 is 23.1 Å². The van der Waals surface area contributed by atoms with E-state index in [1.165, 1.54) is 0 Å². The molecule has 0 saturated heterocycles. The van der Waals surface area contributed by atoms with Crippen LogP contribution >= 0.6 is 0 Å². The molecule has 0 radical (unpaired) electrons. The van der Waals surface area contributed by atoms with E-state index in [9.17, 15) is 18.0 Å². The smallest absolute Gasteiger partial charge is 0.323 e. The zero-order valence-electron chi connectivity index (χ0n) is 9.84. The van der Waals surface area contributed by atoms with Crippen molar-refractivity contribution in [1.82, 2.24) is 14.9 Å². The highest BCUT2D eigenvalue weighted by Crippen LogP contribution is 1.88. The Morgan fingerprint density at radius 3 is 2.44 bits per heavy atom. The maximum atomic E-state index is 11.5. The second kappa shape index (κ2) is 7.52. The Morgan fingerprint density at radius 1 is 1.39 bits per heavy atom. The summed E-state index contributed by atoms with van der Waals surface area (Å²) in [7, 11) is -3.31. The first kappa shape index (κ1) is 16.2. The standard InChI is InChI=1S/C9H15N3O5S/c1-3-6-12(7-8(13)14)9(15)10-4-5-11-18(2,16)17/h1,11H,4-7H2,2H3,(H,10,15)(H,13,14). The van der Waals surface area contributed by atoms with Crippen LogP contribution in [0.4, 0.5) is 4.79 Å². The van der Waals surface area contributed by atoms with Gasteiger partial charge in [0.05, 0.1) is 12.8 Å². The molecule has 0 aliphatic heterocycles. The van der Waals surface area contributed by atoms with Gasteiger partial charge >= 0.3 is 12.0 Å². The molecule has 0 rings (SSSR count). The topological polar surface area (TPSA) is 116 Å². The first-order valence-corrected chi connectivity index (χ1v) is 6.78. The molecule has 0 atom stereocenters. The number of carbonyl (C=O) groups is 2. The van der Waals surface area contributed by atoms with Gasteiger partial charge in [0, 0.05) is 13.1 Å². The van der Waals surface area contributed by atoms with Gasteiger partial charge in [-0.2, -0.15) is 0 Å². The van der Waals surface area contributed by atoms with Crippen LogP contribution in [0, 0.1) is 12.3 Å². The van der Waals surface area contributed by atoms with Gasteiger partial charge in [0.2, 0.25) is 10.0 Å². The number of terminal acetylenes is 1. The minimum Gasteiger partial charge on any atom is -0.480 e. The fourth-order valence-corrected chi connectivity index (χ4v) is 1.46. The van der Waals surface area contributed by atoms with Crippen molar-refractivity contribution in [3.05, 3.63) is 0 Å². The summed E-state index contributed by atoms with van der Waals surface area (Å²) >= 11 is 0. The van der Waals surface area contributed by atoms with Crippen molar-refractivity contribution in [3.8, 4) is 12.3 Å². The number of amides is 2. The second-order valence-electron chi connectivity index (χ2n) is 3.35. The van der Waals surface area contributed by atoms with Crippen molar-refractivity contribution in [1.29, 1.82) is 0 Å². The molecular formula is C9H15N3O5S. The molecule has 0 fully saturated rings. The molecule has 102 valence electrons. The number of carboxylic acid groups (broad SMARTS) is 1. The largest absolute Gasteiger partial charge is 0.480 e. The zero-order valence-corrected chi connectivity index (χ0v) is 10.7. The molecule has 3 N–H and O–H groups in total. The van der Waals surface area contributed by atoms with E-state index < -0.39 is 28.6 Å². The molecule has 0 bridgehead atoms. The van der Waals surface area contributed by atoms with Gasteiger partial charge in [-0.1, -0.05) is 5.92 Å². The van der Waals surface area contributed by atoms with Crippen LogP contribution < -0.4 is 10.0 Å². The van der Waals surface area contributed by atoms with Gasteiger partial charge in [-0.15, -0.1) is 6.42 Å². The summed E-state index contributed by atoms with van der Waals surface area (Å²) in [6.45, 7) is -0.610. The molecular weight excluding hydrogens is 262 g/mol. The number of urea groups is 1. The summed E-state index contributed by atoms with van der Waals surface area (Å²) in [5, 5.41) is 10.9. The fraction of sp³-hybridized carbons (Fsp3) is 0.556. The molecule has 0 aliphatic rings. The number of carbonyl (C=O) groups excluding carboxylic acids is 1. The number of nitrogens with one attached hydrogen (secondary N) is 2. The minimum absolute atomic E-state index is 0.0154. The summed E-state index contributed by atoms with van der Waals surface area (Å²) in [6.07, 6.45) is 5.99. The highest BCUT2D eigenvalue weighted by molar-refractivity contribution is 7.88. The maximum Gasteiger partial charge on any atom is 0.323 e. The molecule has 0 spiro atoms. The van der Waals surface area contributed by atoms with E-state index in [0.29, 0.717) is 0 Å². The number of rotatable bonds is 7. The molecule has 0 aliphatic carbocycles. The lowest BCUT2D eigenvalue weighted by Gasteiger charge is -2.18. The van der Waals surface area contributed by atoms with E-state index in [0.717, 1.165) is 11.2 Å². The average molecular weight is 277 g/mol. The van der Waals surface area contributed by atoms with Crippen LogP contribution in [0.3, 0.4) is 0 Å². The van der Waals surface area contributed by atoms with Crippen LogP contribution in [-0.2, 0) is 14.8 Å². The SMILES string of the molecule is C#CCN(CC(=O)O)C(=O)NCCNS(C)(=O)=O. The second-order valence-corrected chi connectivity index (χ2v) is 5.19. The lowest BCUT2D eigenvalue weighted by molar-refractivity contribution is -0.137. The molecule has 0 heterocycles. The lowest BCUT2D eigenvalue weighted by atomic mass is 10.5. The molecule has 0 unspecified atom stereocenters. The predicted octanol–water partition coefficient (Wildman–Crippen LogP) is -1.73. The third-order valence-electron chi connectivity index (χ3n) is 1.66. The Bertz CT molecular complexity index is 440. The molecule has 0 aromatic heterocycles. The van der Waals surface area contributed by atoms with E-state index in [-0.39, 0.29) is 19.6 Å². The first-order valence-electron chi connectivity index (χ1n) is 4.89. The molecule has 8 nitrogen and oxygen atoms in total. The van der Waals surface area contributed by atoms with Gasteiger partial charge in [0.15, 0.2) is 0 Å². The maximum absolute atomic E-state index is 11.5. The Kier molecular flexibility index (Phi) is 6.77. The summed E-state index contributed by atoms with van der Waals surface area (Å²) < 4.78 is 23.6. The van der Waals surface area contributed by atoms with Crippen molar-refractivity contribution in [3.63, 3.8) is 0 Å². The van der Waals surface area contributed by atoms with E-state index in [2.05, 4.69) is 16.0 Å². The normalized spacial score (nSPS) is 10.4. The first-order chi connectivity index (χ1) is 8.26. The monoisotopic (exact) mass is 277 g/mol. The summed E-state index contributed by atoms with van der Waals surface area (Å²) in [4.78, 5) is 22.9. The highest BCUT2D eigenvalue weighted by Gasteiger charge is 2.14. The van der Waals surface area contributed by atoms with Gasteiger partial charge < -0.3 is 15.3 Å². The lowest BCUT2D eigenvalue weighted by Crippen LogP contribution is -2.45. The van der Waals surface area contributed by atoms with Crippen molar-refractivity contribution in [2.24, 2.45) is 0 Å². The zero-order chi connectivity index (χ0) is 14.2. The van der Waals surface area contributed by atoms with Crippen LogP contribution in [0.5, 0.6) is 0 Å². The molecule has 2 amide bonds. The molecule has 0 aromatic rings. The van der Waals surface area contributed by atoms with Gasteiger partial charge in [-0.05, 0) is 0 Å². The molecule has 0 saturated carbocycles. The van der Waals surface area contributed by atoms with Gasteiger partial charge in [0.25, 0.3) is 0 Å². The Labute approximate surface area is 105 Å². The van der Waals surface area contributed by atoms with E-state index >= 15 is 0 Å². The fourth-order valence-electron chi connectivity index (χ4n) is 0.991. The molecule has 0 aromatic carbocycles. The van der Waals surface area contributed by atoms with Crippen molar-refractivity contribution >= 4 is 22.0 Å². The van der Waals surface area contributed by atoms with Crippen LogP contribution in [0.15, 0.2) is 0 Å². The number of hydrogen-bond acceptors (Lipinski definition) is 4. The van der Waals surface area contributed by atoms with Gasteiger partial charge in [0.1, 0.15) is 6.54 Å². The predicted molar refractivity (Wildman–Crippen MR) is 64.3 cm³/mol. The Balaban J connectivity index is 4.11. The van der Waals surface area contributed by atoms with Crippen LogP contribution in [0.25, 0.3) is 0 Å². The minimum atomic E-state index is -3.31. The van der Waals surface area contributed by atoms with Crippen molar-refractivity contribution in [2.75, 3.05) is 32.4 Å². The van der Waals surface area contributed by atoms with Gasteiger partial charge in [-0.25, -0.2) is 17.9 Å². The number of hydrogen-bond donors (Lipinski definition) is 3. The molecule has 18 heavy (non-hydrogen) atoms. The number of carboxylic acids is 1.